The summed E-state index contributed by atoms with van der Waals surface area (Å²) in [7, 11) is 0. The second-order valence-corrected chi connectivity index (χ2v) is 3.08. The van der Waals surface area contributed by atoms with Crippen molar-refractivity contribution in [2.45, 2.75) is 27.2 Å². The molecule has 3 heteroatoms. The van der Waals surface area contributed by atoms with E-state index < -0.39 is 0 Å². The van der Waals surface area contributed by atoms with Gasteiger partial charge in [-0.05, 0) is 13.3 Å². The van der Waals surface area contributed by atoms with Crippen molar-refractivity contribution in [3.05, 3.63) is 0 Å². The maximum absolute atomic E-state index is 11.2. The van der Waals surface area contributed by atoms with Gasteiger partial charge in [-0.2, -0.15) is 5.26 Å². The van der Waals surface area contributed by atoms with Crippen LogP contribution in [0.1, 0.15) is 27.2 Å². The summed E-state index contributed by atoms with van der Waals surface area (Å²) >= 11 is 0. The first-order valence-electron chi connectivity index (χ1n) is 4.29. The van der Waals surface area contributed by atoms with Crippen LogP contribution in [0.25, 0.3) is 0 Å². The van der Waals surface area contributed by atoms with Gasteiger partial charge in [0.25, 0.3) is 0 Å². The van der Waals surface area contributed by atoms with Crippen LogP contribution >= 0.6 is 0 Å². The van der Waals surface area contributed by atoms with Crippen molar-refractivity contribution in [2.75, 3.05) is 6.54 Å². The average Bonchev–Trinajstić information content (AvgIpc) is 2.11. The zero-order chi connectivity index (χ0) is 9.56. The van der Waals surface area contributed by atoms with Gasteiger partial charge in [-0.1, -0.05) is 13.8 Å². The topological polar surface area (TPSA) is 52.9 Å². The minimum Gasteiger partial charge on any atom is -0.355 e. The SMILES string of the molecule is CCC(C)C(=O)NCC(C)C#N. The Kier molecular flexibility index (Phi) is 5.11. The molecule has 0 aliphatic carbocycles. The molecule has 2 atom stereocenters. The van der Waals surface area contributed by atoms with E-state index >= 15 is 0 Å². The number of carbonyl (C=O) groups is 1. The van der Waals surface area contributed by atoms with E-state index in [-0.39, 0.29) is 17.7 Å². The molecule has 0 heterocycles. The van der Waals surface area contributed by atoms with Crippen molar-refractivity contribution in [3.8, 4) is 6.07 Å². The Morgan fingerprint density at radius 3 is 2.58 bits per heavy atom. The molecule has 0 bridgehead atoms. The van der Waals surface area contributed by atoms with Crippen LogP contribution in [0.2, 0.25) is 0 Å². The van der Waals surface area contributed by atoms with E-state index in [0.29, 0.717) is 6.54 Å². The van der Waals surface area contributed by atoms with Crippen LogP contribution < -0.4 is 5.32 Å². The minimum absolute atomic E-state index is 0.0413. The molecule has 0 radical (unpaired) electrons. The number of rotatable bonds is 4. The van der Waals surface area contributed by atoms with Crippen molar-refractivity contribution in [3.63, 3.8) is 0 Å². The second kappa shape index (κ2) is 5.59. The number of hydrogen-bond donors (Lipinski definition) is 1. The van der Waals surface area contributed by atoms with E-state index in [1.165, 1.54) is 0 Å². The van der Waals surface area contributed by atoms with Crippen molar-refractivity contribution >= 4 is 5.91 Å². The Labute approximate surface area is 73.8 Å². The molecule has 0 saturated carbocycles. The lowest BCUT2D eigenvalue weighted by Crippen LogP contribution is -2.32. The summed E-state index contributed by atoms with van der Waals surface area (Å²) < 4.78 is 0. The van der Waals surface area contributed by atoms with Crippen molar-refractivity contribution in [1.82, 2.24) is 5.32 Å². The Balaban J connectivity index is 3.65. The van der Waals surface area contributed by atoms with Crippen LogP contribution in [0.15, 0.2) is 0 Å². The summed E-state index contributed by atoms with van der Waals surface area (Å²) in [5, 5.41) is 11.2. The molecule has 0 aromatic rings. The fourth-order valence-electron chi connectivity index (χ4n) is 0.659. The van der Waals surface area contributed by atoms with Gasteiger partial charge in [0, 0.05) is 12.5 Å². The van der Waals surface area contributed by atoms with Crippen molar-refractivity contribution in [2.24, 2.45) is 11.8 Å². The van der Waals surface area contributed by atoms with Gasteiger partial charge in [-0.25, -0.2) is 0 Å². The largest absolute Gasteiger partial charge is 0.355 e. The molecular formula is C9H16N2O. The molecule has 0 aliphatic rings. The number of carbonyl (C=O) groups excluding carboxylic acids is 1. The monoisotopic (exact) mass is 168 g/mol. The van der Waals surface area contributed by atoms with Gasteiger partial charge in [-0.15, -0.1) is 0 Å². The van der Waals surface area contributed by atoms with E-state index in [2.05, 4.69) is 11.4 Å². The smallest absolute Gasteiger partial charge is 0.222 e. The van der Waals surface area contributed by atoms with Gasteiger partial charge in [-0.3, -0.25) is 4.79 Å². The van der Waals surface area contributed by atoms with Crippen LogP contribution in [0.4, 0.5) is 0 Å². The molecule has 0 saturated heterocycles. The van der Waals surface area contributed by atoms with E-state index in [9.17, 15) is 4.79 Å². The molecule has 68 valence electrons. The number of hydrogen-bond acceptors (Lipinski definition) is 2. The van der Waals surface area contributed by atoms with Crippen LogP contribution in [0, 0.1) is 23.2 Å². The summed E-state index contributed by atoms with van der Waals surface area (Å²) in [6.07, 6.45) is 0.840. The highest BCUT2D eigenvalue weighted by Crippen LogP contribution is 2.00. The Morgan fingerprint density at radius 2 is 2.17 bits per heavy atom. The third-order valence-corrected chi connectivity index (χ3v) is 1.86. The summed E-state index contributed by atoms with van der Waals surface area (Å²) in [5.74, 6) is -0.00602. The zero-order valence-electron chi connectivity index (χ0n) is 7.92. The Morgan fingerprint density at radius 1 is 1.58 bits per heavy atom. The highest BCUT2D eigenvalue weighted by molar-refractivity contribution is 5.78. The van der Waals surface area contributed by atoms with E-state index in [1.54, 1.807) is 6.92 Å². The number of nitrogens with zero attached hydrogens (tertiary/aromatic N) is 1. The fraction of sp³-hybridized carbons (Fsp3) is 0.778. The van der Waals surface area contributed by atoms with Crippen molar-refractivity contribution < 1.29 is 4.79 Å². The van der Waals surface area contributed by atoms with E-state index in [1.807, 2.05) is 13.8 Å². The third kappa shape index (κ3) is 3.97. The molecule has 1 N–H and O–H groups in total. The molecule has 0 rings (SSSR count). The third-order valence-electron chi connectivity index (χ3n) is 1.86. The molecule has 1 amide bonds. The summed E-state index contributed by atoms with van der Waals surface area (Å²) in [6.45, 7) is 6.10. The normalized spacial score (nSPS) is 14.5. The number of nitrogens with one attached hydrogen (secondary N) is 1. The first-order chi connectivity index (χ1) is 5.61. The van der Waals surface area contributed by atoms with Crippen LogP contribution in [0.5, 0.6) is 0 Å². The first-order valence-corrected chi connectivity index (χ1v) is 4.29. The predicted octanol–water partition coefficient (Wildman–Crippen LogP) is 1.31. The van der Waals surface area contributed by atoms with Crippen LogP contribution in [0.3, 0.4) is 0 Å². The summed E-state index contributed by atoms with van der Waals surface area (Å²) in [5.41, 5.74) is 0. The Bertz CT molecular complexity index is 183. The lowest BCUT2D eigenvalue weighted by molar-refractivity contribution is -0.124. The molecule has 2 unspecified atom stereocenters. The van der Waals surface area contributed by atoms with Gasteiger partial charge in [0.2, 0.25) is 5.91 Å². The molecule has 0 aromatic carbocycles. The first kappa shape index (κ1) is 11.0. The molecule has 3 nitrogen and oxygen atoms in total. The average molecular weight is 168 g/mol. The highest BCUT2D eigenvalue weighted by Gasteiger charge is 2.10. The Hall–Kier alpha value is -1.04. The molecule has 0 spiro atoms. The van der Waals surface area contributed by atoms with Gasteiger partial charge < -0.3 is 5.32 Å². The van der Waals surface area contributed by atoms with Gasteiger partial charge in [0.1, 0.15) is 0 Å². The van der Waals surface area contributed by atoms with Gasteiger partial charge in [0.05, 0.1) is 12.0 Å². The minimum atomic E-state index is -0.0991. The predicted molar refractivity (Wildman–Crippen MR) is 47.2 cm³/mol. The quantitative estimate of drug-likeness (QED) is 0.688. The van der Waals surface area contributed by atoms with E-state index in [0.717, 1.165) is 6.42 Å². The summed E-state index contributed by atoms with van der Waals surface area (Å²) in [6, 6.07) is 2.06. The molecule has 0 aliphatic heterocycles. The van der Waals surface area contributed by atoms with Crippen LogP contribution in [-0.4, -0.2) is 12.5 Å². The van der Waals surface area contributed by atoms with Gasteiger partial charge in [0.15, 0.2) is 0 Å². The molecule has 0 aromatic heterocycles. The summed E-state index contributed by atoms with van der Waals surface area (Å²) in [4.78, 5) is 11.2. The fourth-order valence-corrected chi connectivity index (χ4v) is 0.659. The maximum Gasteiger partial charge on any atom is 0.222 e. The number of amides is 1. The maximum atomic E-state index is 11.2. The molecule has 12 heavy (non-hydrogen) atoms. The highest BCUT2D eigenvalue weighted by atomic mass is 16.1. The second-order valence-electron chi connectivity index (χ2n) is 3.08. The van der Waals surface area contributed by atoms with E-state index in [4.69, 9.17) is 5.26 Å². The van der Waals surface area contributed by atoms with Crippen LogP contribution in [-0.2, 0) is 4.79 Å². The lowest BCUT2D eigenvalue weighted by Gasteiger charge is -2.10. The standard InChI is InChI=1S/C9H16N2O/c1-4-8(3)9(12)11-6-7(2)5-10/h7-8H,4,6H2,1-3H3,(H,11,12). The van der Waals surface area contributed by atoms with Crippen molar-refractivity contribution in [1.29, 1.82) is 5.26 Å². The lowest BCUT2D eigenvalue weighted by atomic mass is 10.1. The zero-order valence-corrected chi connectivity index (χ0v) is 7.92. The molecule has 0 fully saturated rings. The molecular weight excluding hydrogens is 152 g/mol. The number of nitriles is 1. The van der Waals surface area contributed by atoms with Gasteiger partial charge >= 0.3 is 0 Å².